The summed E-state index contributed by atoms with van der Waals surface area (Å²) in [7, 11) is 0. The molecule has 182 valence electrons. The van der Waals surface area contributed by atoms with Crippen LogP contribution in [0.4, 0.5) is 4.79 Å². The first kappa shape index (κ1) is 24.5. The number of ether oxygens (including phenoxy) is 1. The van der Waals surface area contributed by atoms with Crippen molar-refractivity contribution in [1.29, 1.82) is 0 Å². The van der Waals surface area contributed by atoms with E-state index in [0.717, 1.165) is 27.1 Å². The molecule has 0 saturated carbocycles. The molecule has 2 amide bonds. The maximum absolute atomic E-state index is 12.8. The molecule has 2 aromatic carbocycles. The van der Waals surface area contributed by atoms with Gasteiger partial charge in [0, 0.05) is 17.3 Å². The highest BCUT2D eigenvalue weighted by atomic mass is 32.1. The topological polar surface area (TPSA) is 105 Å². The number of carbonyl (C=O) groups is 3. The van der Waals surface area contributed by atoms with Gasteiger partial charge >= 0.3 is 12.1 Å². The van der Waals surface area contributed by atoms with Crippen molar-refractivity contribution in [1.82, 2.24) is 10.6 Å². The highest BCUT2D eigenvalue weighted by Gasteiger charge is 2.29. The Labute approximate surface area is 208 Å². The number of benzene rings is 2. The molecular formula is C27H28N2O5S. The zero-order chi connectivity index (χ0) is 24.8. The summed E-state index contributed by atoms with van der Waals surface area (Å²) in [4.78, 5) is 37.3. The number of rotatable bonds is 10. The van der Waals surface area contributed by atoms with E-state index in [4.69, 9.17) is 4.74 Å². The third-order valence-corrected chi connectivity index (χ3v) is 7.27. The molecule has 7 nitrogen and oxygen atoms in total. The molecule has 1 aliphatic rings. The molecule has 4 rings (SSSR count). The fraction of sp³-hybridized carbons (Fsp3) is 0.296. The van der Waals surface area contributed by atoms with Crippen LogP contribution < -0.4 is 10.6 Å². The van der Waals surface area contributed by atoms with E-state index in [0.29, 0.717) is 6.42 Å². The maximum Gasteiger partial charge on any atom is 0.407 e. The van der Waals surface area contributed by atoms with Gasteiger partial charge in [-0.1, -0.05) is 61.5 Å². The van der Waals surface area contributed by atoms with Gasteiger partial charge in [-0.25, -0.2) is 4.79 Å². The number of carboxylic acid groups (broad SMARTS) is 1. The average Bonchev–Trinajstić information content (AvgIpc) is 3.49. The van der Waals surface area contributed by atoms with Crippen LogP contribution in [0.1, 0.15) is 47.7 Å². The van der Waals surface area contributed by atoms with Gasteiger partial charge in [-0.05, 0) is 40.1 Å². The Balaban J connectivity index is 1.32. The van der Waals surface area contributed by atoms with Gasteiger partial charge in [-0.2, -0.15) is 0 Å². The maximum atomic E-state index is 12.8. The summed E-state index contributed by atoms with van der Waals surface area (Å²) >= 11 is 1.39. The Morgan fingerprint density at radius 3 is 2.23 bits per heavy atom. The van der Waals surface area contributed by atoms with E-state index in [9.17, 15) is 19.5 Å². The van der Waals surface area contributed by atoms with E-state index in [2.05, 4.69) is 34.9 Å². The quantitative estimate of drug-likeness (QED) is 0.372. The first-order valence-corrected chi connectivity index (χ1v) is 12.5. The lowest BCUT2D eigenvalue weighted by atomic mass is 9.98. The number of carboxylic acids is 1. The summed E-state index contributed by atoms with van der Waals surface area (Å²) < 4.78 is 5.55. The normalized spacial score (nSPS) is 13.9. The Hall–Kier alpha value is -3.65. The second kappa shape index (κ2) is 11.2. The van der Waals surface area contributed by atoms with Crippen molar-refractivity contribution in [3.8, 4) is 11.1 Å². The largest absolute Gasteiger partial charge is 0.481 e. The summed E-state index contributed by atoms with van der Waals surface area (Å²) in [5, 5.41) is 16.6. The zero-order valence-electron chi connectivity index (χ0n) is 19.4. The number of amides is 2. The number of hydrogen-bond acceptors (Lipinski definition) is 5. The molecule has 1 aliphatic carbocycles. The van der Waals surface area contributed by atoms with Gasteiger partial charge in [-0.15, -0.1) is 11.3 Å². The van der Waals surface area contributed by atoms with Crippen LogP contribution in [0.15, 0.2) is 66.0 Å². The molecule has 2 unspecified atom stereocenters. The summed E-state index contributed by atoms with van der Waals surface area (Å²) in [5.41, 5.74) is 4.57. The van der Waals surface area contributed by atoms with Gasteiger partial charge in [0.1, 0.15) is 6.61 Å². The van der Waals surface area contributed by atoms with Crippen LogP contribution in [0.5, 0.6) is 0 Å². The Bertz CT molecular complexity index is 1150. The van der Waals surface area contributed by atoms with Crippen LogP contribution in [0.2, 0.25) is 0 Å². The minimum absolute atomic E-state index is 0.0407. The van der Waals surface area contributed by atoms with Crippen molar-refractivity contribution in [2.45, 2.75) is 31.7 Å². The van der Waals surface area contributed by atoms with E-state index in [1.807, 2.05) is 42.6 Å². The third kappa shape index (κ3) is 5.71. The molecule has 0 saturated heterocycles. The van der Waals surface area contributed by atoms with E-state index in [-0.39, 0.29) is 31.4 Å². The SMILES string of the molecule is CCC(CNC(=O)OCC1c2ccccc2-c2ccccc21)C(=O)NC(CC(=O)O)c1cccs1. The van der Waals surface area contributed by atoms with Gasteiger partial charge in [0.05, 0.1) is 18.4 Å². The molecular weight excluding hydrogens is 464 g/mol. The van der Waals surface area contributed by atoms with E-state index in [1.165, 1.54) is 11.3 Å². The molecule has 0 spiro atoms. The zero-order valence-corrected chi connectivity index (χ0v) is 20.2. The second-order valence-corrected chi connectivity index (χ2v) is 9.47. The Kier molecular flexibility index (Phi) is 7.82. The monoisotopic (exact) mass is 492 g/mol. The first-order chi connectivity index (χ1) is 17.0. The Morgan fingerprint density at radius 1 is 1.00 bits per heavy atom. The molecule has 0 fully saturated rings. The van der Waals surface area contributed by atoms with E-state index >= 15 is 0 Å². The van der Waals surface area contributed by atoms with Gasteiger partial charge in [0.25, 0.3) is 0 Å². The predicted octanol–water partition coefficient (Wildman–Crippen LogP) is 4.95. The second-order valence-electron chi connectivity index (χ2n) is 8.49. The lowest BCUT2D eigenvalue weighted by Crippen LogP contribution is -2.40. The van der Waals surface area contributed by atoms with Crippen LogP contribution in [0.3, 0.4) is 0 Å². The molecule has 0 aliphatic heterocycles. The van der Waals surface area contributed by atoms with Crippen LogP contribution >= 0.6 is 11.3 Å². The van der Waals surface area contributed by atoms with Crippen LogP contribution in [-0.4, -0.2) is 36.2 Å². The van der Waals surface area contributed by atoms with Crippen LogP contribution in [-0.2, 0) is 14.3 Å². The van der Waals surface area contributed by atoms with E-state index in [1.54, 1.807) is 6.07 Å². The lowest BCUT2D eigenvalue weighted by molar-refractivity contribution is -0.137. The van der Waals surface area contributed by atoms with E-state index < -0.39 is 24.0 Å². The molecule has 3 N–H and O–H groups in total. The van der Waals surface area contributed by atoms with Gasteiger partial charge in [0.2, 0.25) is 5.91 Å². The standard InChI is InChI=1S/C27H28N2O5S/c1-2-17(26(32)29-23(14-25(30)31)24-12-7-13-35-24)15-28-27(33)34-16-22-20-10-5-3-8-18(20)19-9-4-6-11-21(19)22/h3-13,17,22-23H,2,14-16H2,1H3,(H,28,33)(H,29,32)(H,30,31). The molecule has 8 heteroatoms. The summed E-state index contributed by atoms with van der Waals surface area (Å²) in [6.07, 6.45) is -0.305. The van der Waals surface area contributed by atoms with Gasteiger partial charge in [-0.3, -0.25) is 9.59 Å². The fourth-order valence-electron chi connectivity index (χ4n) is 4.45. The summed E-state index contributed by atoms with van der Waals surface area (Å²) in [6.45, 7) is 2.14. The first-order valence-electron chi connectivity index (χ1n) is 11.6. The fourth-order valence-corrected chi connectivity index (χ4v) is 5.23. The molecule has 0 radical (unpaired) electrons. The van der Waals surface area contributed by atoms with Crippen LogP contribution in [0.25, 0.3) is 11.1 Å². The third-order valence-electron chi connectivity index (χ3n) is 6.28. The highest BCUT2D eigenvalue weighted by molar-refractivity contribution is 7.10. The average molecular weight is 493 g/mol. The molecule has 2 atom stereocenters. The number of carbonyl (C=O) groups excluding carboxylic acids is 2. The Morgan fingerprint density at radius 2 is 1.66 bits per heavy atom. The van der Waals surface area contributed by atoms with Crippen molar-refractivity contribution in [3.05, 3.63) is 82.0 Å². The molecule has 3 aromatic rings. The number of nitrogens with one attached hydrogen (secondary N) is 2. The number of alkyl carbamates (subject to hydrolysis) is 1. The van der Waals surface area contributed by atoms with Crippen molar-refractivity contribution in [2.24, 2.45) is 5.92 Å². The van der Waals surface area contributed by atoms with Crippen molar-refractivity contribution in [2.75, 3.05) is 13.2 Å². The van der Waals surface area contributed by atoms with Crippen LogP contribution in [0, 0.1) is 5.92 Å². The predicted molar refractivity (Wildman–Crippen MR) is 134 cm³/mol. The molecule has 1 heterocycles. The number of thiophene rings is 1. The number of fused-ring (bicyclic) bond motifs is 3. The number of hydrogen-bond donors (Lipinski definition) is 3. The minimum Gasteiger partial charge on any atom is -0.481 e. The van der Waals surface area contributed by atoms with Gasteiger partial charge in [0.15, 0.2) is 0 Å². The van der Waals surface area contributed by atoms with Crippen molar-refractivity contribution < 1.29 is 24.2 Å². The molecule has 1 aromatic heterocycles. The highest BCUT2D eigenvalue weighted by Crippen LogP contribution is 2.44. The van der Waals surface area contributed by atoms with Gasteiger partial charge < -0.3 is 20.5 Å². The summed E-state index contributed by atoms with van der Waals surface area (Å²) in [5.74, 6) is -1.84. The van der Waals surface area contributed by atoms with Crippen molar-refractivity contribution >= 4 is 29.3 Å². The summed E-state index contributed by atoms with van der Waals surface area (Å²) in [6, 6.07) is 19.2. The van der Waals surface area contributed by atoms with Crippen molar-refractivity contribution in [3.63, 3.8) is 0 Å². The number of aliphatic carboxylic acids is 1. The molecule has 35 heavy (non-hydrogen) atoms. The minimum atomic E-state index is -0.992. The lowest BCUT2D eigenvalue weighted by Gasteiger charge is -2.21. The molecule has 0 bridgehead atoms. The smallest absolute Gasteiger partial charge is 0.407 e.